The maximum atomic E-state index is 4.78. The first-order valence-corrected chi connectivity index (χ1v) is 7.76. The lowest BCUT2D eigenvalue weighted by Gasteiger charge is -2.39. The van der Waals surface area contributed by atoms with Crippen molar-refractivity contribution in [3.8, 4) is 0 Å². The average molecular weight is 250 g/mol. The fourth-order valence-electron chi connectivity index (χ4n) is 3.13. The molecular weight excluding hydrogens is 228 g/mol. The Morgan fingerprint density at radius 1 is 1.41 bits per heavy atom. The quantitative estimate of drug-likeness (QED) is 0.886. The van der Waals surface area contributed by atoms with Gasteiger partial charge in [-0.2, -0.15) is 0 Å². The fraction of sp³-hybridized carbons (Fsp3) is 0.786. The van der Waals surface area contributed by atoms with Crippen LogP contribution in [0.2, 0.25) is 0 Å². The molecule has 0 amide bonds. The normalized spacial score (nSPS) is 33.9. The van der Waals surface area contributed by atoms with Gasteiger partial charge in [0.25, 0.3) is 0 Å². The second kappa shape index (κ2) is 4.36. The zero-order valence-corrected chi connectivity index (χ0v) is 11.6. The third kappa shape index (κ3) is 2.41. The molecule has 0 spiro atoms. The van der Waals surface area contributed by atoms with Gasteiger partial charge >= 0.3 is 0 Å². The molecule has 0 saturated heterocycles. The van der Waals surface area contributed by atoms with E-state index in [1.54, 1.807) is 0 Å². The van der Waals surface area contributed by atoms with E-state index >= 15 is 0 Å². The maximum absolute atomic E-state index is 4.78. The third-order valence-corrected chi connectivity index (χ3v) is 5.25. The van der Waals surface area contributed by atoms with Gasteiger partial charge < -0.3 is 5.32 Å². The van der Waals surface area contributed by atoms with Gasteiger partial charge in [-0.15, -0.1) is 11.3 Å². The zero-order valence-electron chi connectivity index (χ0n) is 10.8. The van der Waals surface area contributed by atoms with Crippen LogP contribution in [0.15, 0.2) is 5.38 Å². The monoisotopic (exact) mass is 250 g/mol. The molecule has 2 aliphatic rings. The Morgan fingerprint density at radius 2 is 2.24 bits per heavy atom. The highest BCUT2D eigenvalue weighted by molar-refractivity contribution is 7.09. The van der Waals surface area contributed by atoms with Crippen LogP contribution in [0.3, 0.4) is 0 Å². The number of rotatable bonds is 3. The highest BCUT2D eigenvalue weighted by atomic mass is 32.1. The van der Waals surface area contributed by atoms with E-state index in [1.807, 2.05) is 11.3 Å². The molecule has 0 aromatic carbocycles. The molecule has 1 aromatic rings. The molecule has 17 heavy (non-hydrogen) atoms. The van der Waals surface area contributed by atoms with Crippen molar-refractivity contribution in [2.75, 3.05) is 0 Å². The lowest BCUT2D eigenvalue weighted by atomic mass is 9.76. The Balaban J connectivity index is 1.88. The number of nitrogens with one attached hydrogen (secondary N) is 1. The summed E-state index contributed by atoms with van der Waals surface area (Å²) in [7, 11) is 0. The number of nitrogens with zero attached hydrogens (tertiary/aromatic N) is 1. The van der Waals surface area contributed by atoms with E-state index < -0.39 is 0 Å². The number of hydrogen-bond donors (Lipinski definition) is 1. The van der Waals surface area contributed by atoms with E-state index in [1.165, 1.54) is 49.2 Å². The SMILES string of the molecule is Cc1csc(C2(NC3CC3)CCCC(C)C2)n1. The average Bonchev–Trinajstić information content (AvgIpc) is 2.97. The first-order chi connectivity index (χ1) is 8.18. The summed E-state index contributed by atoms with van der Waals surface area (Å²) in [4.78, 5) is 4.78. The molecule has 2 fully saturated rings. The van der Waals surface area contributed by atoms with Crippen molar-refractivity contribution >= 4 is 11.3 Å². The summed E-state index contributed by atoms with van der Waals surface area (Å²) in [6.45, 7) is 4.50. The molecule has 1 N–H and O–H groups in total. The molecule has 0 radical (unpaired) electrons. The van der Waals surface area contributed by atoms with Crippen molar-refractivity contribution < 1.29 is 0 Å². The van der Waals surface area contributed by atoms with Crippen LogP contribution >= 0.6 is 11.3 Å². The minimum Gasteiger partial charge on any atom is -0.303 e. The second-order valence-corrected chi connectivity index (χ2v) is 6.85. The topological polar surface area (TPSA) is 24.9 Å². The Labute approximate surface area is 108 Å². The Bertz CT molecular complexity index is 393. The van der Waals surface area contributed by atoms with Crippen LogP contribution in [0, 0.1) is 12.8 Å². The van der Waals surface area contributed by atoms with Crippen molar-refractivity contribution in [3.05, 3.63) is 16.1 Å². The molecule has 2 nitrogen and oxygen atoms in total. The van der Waals surface area contributed by atoms with Gasteiger partial charge in [-0.1, -0.05) is 19.8 Å². The van der Waals surface area contributed by atoms with Crippen LogP contribution in [0.4, 0.5) is 0 Å². The Hall–Kier alpha value is -0.410. The van der Waals surface area contributed by atoms with Gasteiger partial charge in [-0.25, -0.2) is 4.98 Å². The standard InChI is InChI=1S/C14H22N2S/c1-10-4-3-7-14(8-10,16-12-5-6-12)13-15-11(2)9-17-13/h9-10,12,16H,3-8H2,1-2H3. The molecule has 3 heteroatoms. The van der Waals surface area contributed by atoms with Crippen molar-refractivity contribution in [2.45, 2.75) is 64.0 Å². The van der Waals surface area contributed by atoms with Crippen LogP contribution in [-0.2, 0) is 5.54 Å². The fourth-order valence-corrected chi connectivity index (χ4v) is 4.13. The van der Waals surface area contributed by atoms with Gasteiger partial charge in [-0.05, 0) is 38.5 Å². The molecule has 1 heterocycles. The van der Waals surface area contributed by atoms with E-state index in [-0.39, 0.29) is 5.54 Å². The first kappa shape index (κ1) is 11.7. The molecule has 3 rings (SSSR count). The smallest absolute Gasteiger partial charge is 0.113 e. The highest BCUT2D eigenvalue weighted by Gasteiger charge is 2.42. The van der Waals surface area contributed by atoms with Gasteiger partial charge in [0.15, 0.2) is 0 Å². The molecular formula is C14H22N2S. The molecule has 2 atom stereocenters. The molecule has 0 aliphatic heterocycles. The number of aromatic nitrogens is 1. The van der Waals surface area contributed by atoms with Crippen LogP contribution < -0.4 is 5.32 Å². The van der Waals surface area contributed by atoms with Crippen molar-refractivity contribution in [3.63, 3.8) is 0 Å². The van der Waals surface area contributed by atoms with E-state index in [0.29, 0.717) is 0 Å². The molecule has 0 bridgehead atoms. The summed E-state index contributed by atoms with van der Waals surface area (Å²) in [6, 6.07) is 0.768. The van der Waals surface area contributed by atoms with Gasteiger partial charge in [0, 0.05) is 17.1 Å². The zero-order chi connectivity index (χ0) is 11.9. The summed E-state index contributed by atoms with van der Waals surface area (Å²) in [5.41, 5.74) is 1.39. The van der Waals surface area contributed by atoms with E-state index in [4.69, 9.17) is 4.98 Å². The molecule has 94 valence electrons. The molecule has 1 aromatic heterocycles. The van der Waals surface area contributed by atoms with E-state index in [0.717, 1.165) is 12.0 Å². The summed E-state index contributed by atoms with van der Waals surface area (Å²) < 4.78 is 0. The Morgan fingerprint density at radius 3 is 2.82 bits per heavy atom. The predicted octanol–water partition coefficient (Wildman–Crippen LogP) is 3.61. The summed E-state index contributed by atoms with van der Waals surface area (Å²) in [5, 5.41) is 7.45. The maximum Gasteiger partial charge on any atom is 0.113 e. The van der Waals surface area contributed by atoms with Crippen LogP contribution in [-0.4, -0.2) is 11.0 Å². The summed E-state index contributed by atoms with van der Waals surface area (Å²) >= 11 is 1.85. The van der Waals surface area contributed by atoms with E-state index in [9.17, 15) is 0 Å². The second-order valence-electron chi connectivity index (χ2n) is 6.00. The molecule has 2 unspecified atom stereocenters. The van der Waals surface area contributed by atoms with Gasteiger partial charge in [0.2, 0.25) is 0 Å². The Kier molecular flexibility index (Phi) is 2.99. The molecule has 2 saturated carbocycles. The van der Waals surface area contributed by atoms with Crippen molar-refractivity contribution in [1.29, 1.82) is 0 Å². The summed E-state index contributed by atoms with van der Waals surface area (Å²) in [5.74, 6) is 0.833. The number of hydrogen-bond acceptors (Lipinski definition) is 3. The minimum atomic E-state index is 0.206. The van der Waals surface area contributed by atoms with Crippen LogP contribution in [0.1, 0.15) is 56.2 Å². The van der Waals surface area contributed by atoms with E-state index in [2.05, 4.69) is 24.5 Å². The lowest BCUT2D eigenvalue weighted by Crippen LogP contribution is -2.46. The van der Waals surface area contributed by atoms with Gasteiger partial charge in [0.1, 0.15) is 5.01 Å². The third-order valence-electron chi connectivity index (χ3n) is 4.08. The number of aryl methyl sites for hydroxylation is 1. The largest absolute Gasteiger partial charge is 0.303 e. The molecule has 2 aliphatic carbocycles. The predicted molar refractivity (Wildman–Crippen MR) is 72.3 cm³/mol. The van der Waals surface area contributed by atoms with Crippen LogP contribution in [0.25, 0.3) is 0 Å². The minimum absolute atomic E-state index is 0.206. The lowest BCUT2D eigenvalue weighted by molar-refractivity contribution is 0.184. The summed E-state index contributed by atoms with van der Waals surface area (Å²) in [6.07, 6.45) is 8.01. The van der Waals surface area contributed by atoms with Crippen molar-refractivity contribution in [1.82, 2.24) is 10.3 Å². The first-order valence-electron chi connectivity index (χ1n) is 6.88. The van der Waals surface area contributed by atoms with Crippen molar-refractivity contribution in [2.24, 2.45) is 5.92 Å². The number of thiazole rings is 1. The van der Waals surface area contributed by atoms with Gasteiger partial charge in [-0.3, -0.25) is 0 Å². The van der Waals surface area contributed by atoms with Gasteiger partial charge in [0.05, 0.1) is 5.54 Å². The van der Waals surface area contributed by atoms with Crippen LogP contribution in [0.5, 0.6) is 0 Å². The highest BCUT2D eigenvalue weighted by Crippen LogP contribution is 2.43.